The minimum atomic E-state index is -0.399. The quantitative estimate of drug-likeness (QED) is 0.574. The fourth-order valence-electron chi connectivity index (χ4n) is 3.14. The Kier molecular flexibility index (Phi) is 6.68. The van der Waals surface area contributed by atoms with Gasteiger partial charge in [-0.3, -0.25) is 9.69 Å². The van der Waals surface area contributed by atoms with Crippen LogP contribution in [-0.4, -0.2) is 53.8 Å². The van der Waals surface area contributed by atoms with E-state index in [-0.39, 0.29) is 11.9 Å². The number of hydrogen-bond acceptors (Lipinski definition) is 6. The van der Waals surface area contributed by atoms with Crippen LogP contribution in [0, 0.1) is 6.92 Å². The molecule has 2 heterocycles. The first-order valence-electron chi connectivity index (χ1n) is 9.72. The van der Waals surface area contributed by atoms with Gasteiger partial charge in [0.2, 0.25) is 0 Å². The van der Waals surface area contributed by atoms with Gasteiger partial charge in [-0.15, -0.1) is 0 Å². The third-order valence-electron chi connectivity index (χ3n) is 4.83. The Morgan fingerprint density at radius 3 is 2.57 bits per heavy atom. The summed E-state index contributed by atoms with van der Waals surface area (Å²) in [7, 11) is 3.87. The molecule has 0 saturated carbocycles. The van der Waals surface area contributed by atoms with E-state index in [2.05, 4.69) is 10.4 Å². The highest BCUT2D eigenvalue weighted by molar-refractivity contribution is 5.94. The van der Waals surface area contributed by atoms with E-state index in [9.17, 15) is 9.59 Å². The Labute approximate surface area is 175 Å². The molecule has 0 saturated heterocycles. The molecule has 1 amide bonds. The number of furan rings is 1. The Morgan fingerprint density at radius 2 is 1.97 bits per heavy atom. The lowest BCUT2D eigenvalue weighted by molar-refractivity contribution is 0.0525. The maximum atomic E-state index is 12.6. The molecule has 8 nitrogen and oxygen atoms in total. The lowest BCUT2D eigenvalue weighted by atomic mass is 10.1. The SMILES string of the molecule is CCOC(=O)c1cnn(-c2ccc(C(=O)NCC(c3ccco3)N(C)C)cc2)c1C. The minimum Gasteiger partial charge on any atom is -0.468 e. The van der Waals surface area contributed by atoms with Crippen molar-refractivity contribution in [3.8, 4) is 5.69 Å². The molecule has 0 spiro atoms. The number of likely N-dealkylation sites (N-methyl/N-ethyl adjacent to an activating group) is 1. The van der Waals surface area contributed by atoms with Crippen molar-refractivity contribution >= 4 is 11.9 Å². The second-order valence-corrected chi connectivity index (χ2v) is 7.03. The Hall–Kier alpha value is -3.39. The molecule has 0 aliphatic heterocycles. The van der Waals surface area contributed by atoms with Gasteiger partial charge >= 0.3 is 5.97 Å². The van der Waals surface area contributed by atoms with E-state index in [4.69, 9.17) is 9.15 Å². The van der Waals surface area contributed by atoms with Crippen molar-refractivity contribution in [3.05, 3.63) is 71.4 Å². The van der Waals surface area contributed by atoms with Crippen LogP contribution in [0.5, 0.6) is 0 Å². The number of carbonyl (C=O) groups excluding carboxylic acids is 2. The third-order valence-corrected chi connectivity index (χ3v) is 4.83. The molecule has 1 atom stereocenters. The number of ether oxygens (including phenoxy) is 1. The average molecular weight is 410 g/mol. The molecule has 8 heteroatoms. The van der Waals surface area contributed by atoms with Gasteiger partial charge in [0.15, 0.2) is 0 Å². The summed E-state index contributed by atoms with van der Waals surface area (Å²) in [6, 6.07) is 10.7. The summed E-state index contributed by atoms with van der Waals surface area (Å²) < 4.78 is 12.2. The van der Waals surface area contributed by atoms with E-state index >= 15 is 0 Å². The first-order chi connectivity index (χ1) is 14.4. The number of carbonyl (C=O) groups is 2. The number of amides is 1. The smallest absolute Gasteiger partial charge is 0.341 e. The Balaban J connectivity index is 1.68. The number of aromatic nitrogens is 2. The summed E-state index contributed by atoms with van der Waals surface area (Å²) in [6.45, 7) is 4.29. The van der Waals surface area contributed by atoms with Crippen LogP contribution in [0.15, 0.2) is 53.3 Å². The highest BCUT2D eigenvalue weighted by Crippen LogP contribution is 2.19. The molecule has 0 radical (unpaired) electrons. The fraction of sp³-hybridized carbons (Fsp3) is 0.318. The van der Waals surface area contributed by atoms with Crippen molar-refractivity contribution < 1.29 is 18.7 Å². The lowest BCUT2D eigenvalue weighted by Gasteiger charge is -2.22. The van der Waals surface area contributed by atoms with Gasteiger partial charge in [0, 0.05) is 12.1 Å². The Morgan fingerprint density at radius 1 is 1.23 bits per heavy atom. The normalized spacial score (nSPS) is 12.0. The van der Waals surface area contributed by atoms with E-state index in [0.29, 0.717) is 30.0 Å². The molecule has 158 valence electrons. The van der Waals surface area contributed by atoms with Crippen molar-refractivity contribution in [1.29, 1.82) is 0 Å². The number of nitrogens with one attached hydrogen (secondary N) is 1. The second-order valence-electron chi connectivity index (χ2n) is 7.03. The van der Waals surface area contributed by atoms with Gasteiger partial charge in [-0.25, -0.2) is 9.48 Å². The summed E-state index contributed by atoms with van der Waals surface area (Å²) in [4.78, 5) is 26.5. The molecular weight excluding hydrogens is 384 g/mol. The van der Waals surface area contributed by atoms with Crippen LogP contribution in [0.2, 0.25) is 0 Å². The predicted molar refractivity (Wildman–Crippen MR) is 112 cm³/mol. The minimum absolute atomic E-state index is 0.0590. The largest absolute Gasteiger partial charge is 0.468 e. The van der Waals surface area contributed by atoms with E-state index in [1.807, 2.05) is 31.1 Å². The maximum Gasteiger partial charge on any atom is 0.341 e. The topological polar surface area (TPSA) is 89.6 Å². The summed E-state index contributed by atoms with van der Waals surface area (Å²) in [6.07, 6.45) is 3.11. The number of rotatable bonds is 8. The van der Waals surface area contributed by atoms with Gasteiger partial charge in [0.1, 0.15) is 11.3 Å². The molecule has 0 fully saturated rings. The highest BCUT2D eigenvalue weighted by Gasteiger charge is 2.19. The van der Waals surface area contributed by atoms with Crippen LogP contribution in [-0.2, 0) is 4.74 Å². The predicted octanol–water partition coefficient (Wildman–Crippen LogP) is 2.98. The number of nitrogens with zero attached hydrogens (tertiary/aromatic N) is 3. The van der Waals surface area contributed by atoms with Crippen LogP contribution in [0.1, 0.15) is 45.1 Å². The van der Waals surface area contributed by atoms with Gasteiger partial charge in [-0.05, 0) is 64.3 Å². The van der Waals surface area contributed by atoms with E-state index in [1.165, 1.54) is 6.20 Å². The molecule has 3 aromatic rings. The zero-order valence-electron chi connectivity index (χ0n) is 17.6. The van der Waals surface area contributed by atoms with Gasteiger partial charge < -0.3 is 14.5 Å². The summed E-state index contributed by atoms with van der Waals surface area (Å²) in [5.41, 5.74) is 2.39. The second kappa shape index (κ2) is 9.41. The molecule has 30 heavy (non-hydrogen) atoms. The van der Waals surface area contributed by atoms with Crippen molar-refractivity contribution in [2.75, 3.05) is 27.2 Å². The molecule has 0 bridgehead atoms. The first-order valence-corrected chi connectivity index (χ1v) is 9.72. The molecule has 2 aromatic heterocycles. The number of hydrogen-bond donors (Lipinski definition) is 1. The lowest BCUT2D eigenvalue weighted by Crippen LogP contribution is -2.34. The summed E-state index contributed by atoms with van der Waals surface area (Å²) in [5, 5.41) is 7.22. The van der Waals surface area contributed by atoms with E-state index in [1.54, 1.807) is 49.1 Å². The van der Waals surface area contributed by atoms with Gasteiger partial charge in [0.25, 0.3) is 5.91 Å². The molecule has 0 aliphatic rings. The van der Waals surface area contributed by atoms with Crippen LogP contribution in [0.4, 0.5) is 0 Å². The van der Waals surface area contributed by atoms with Crippen molar-refractivity contribution in [2.24, 2.45) is 0 Å². The van der Waals surface area contributed by atoms with Crippen LogP contribution in [0.3, 0.4) is 0 Å². The summed E-state index contributed by atoms with van der Waals surface area (Å²) >= 11 is 0. The van der Waals surface area contributed by atoms with Crippen LogP contribution < -0.4 is 5.32 Å². The highest BCUT2D eigenvalue weighted by atomic mass is 16.5. The average Bonchev–Trinajstić information content (AvgIpc) is 3.38. The third kappa shape index (κ3) is 4.60. The Bertz CT molecular complexity index is 991. The number of benzene rings is 1. The van der Waals surface area contributed by atoms with E-state index in [0.717, 1.165) is 11.4 Å². The first kappa shape index (κ1) is 21.3. The molecule has 3 rings (SSSR count). The van der Waals surface area contributed by atoms with Crippen molar-refractivity contribution in [2.45, 2.75) is 19.9 Å². The molecule has 1 aromatic carbocycles. The van der Waals surface area contributed by atoms with Crippen LogP contribution >= 0.6 is 0 Å². The van der Waals surface area contributed by atoms with Crippen molar-refractivity contribution in [1.82, 2.24) is 20.0 Å². The summed E-state index contributed by atoms with van der Waals surface area (Å²) in [5.74, 6) is 0.218. The fourth-order valence-corrected chi connectivity index (χ4v) is 3.14. The van der Waals surface area contributed by atoms with Gasteiger partial charge in [0.05, 0.1) is 36.5 Å². The molecule has 1 N–H and O–H groups in total. The monoisotopic (exact) mass is 410 g/mol. The van der Waals surface area contributed by atoms with E-state index < -0.39 is 5.97 Å². The zero-order valence-corrected chi connectivity index (χ0v) is 17.6. The molecule has 0 aliphatic carbocycles. The van der Waals surface area contributed by atoms with Crippen LogP contribution in [0.25, 0.3) is 5.69 Å². The van der Waals surface area contributed by atoms with Crippen molar-refractivity contribution in [3.63, 3.8) is 0 Å². The van der Waals surface area contributed by atoms with Gasteiger partial charge in [-0.2, -0.15) is 5.10 Å². The maximum absolute atomic E-state index is 12.6. The number of esters is 1. The van der Waals surface area contributed by atoms with Gasteiger partial charge in [-0.1, -0.05) is 0 Å². The molecule has 1 unspecified atom stereocenters. The molecular formula is C22H26N4O4. The standard InChI is InChI=1S/C22H26N4O4/c1-5-29-22(28)18-13-24-26(15(18)2)17-10-8-16(9-11-17)21(27)23-14-19(25(3)4)20-7-6-12-30-20/h6-13,19H,5,14H2,1-4H3,(H,23,27). The zero-order chi connectivity index (χ0) is 21.7.